The third-order valence-corrected chi connectivity index (χ3v) is 3.36. The Labute approximate surface area is 132 Å². The monoisotopic (exact) mass is 322 g/mol. The number of ketones is 1. The summed E-state index contributed by atoms with van der Waals surface area (Å²) in [5.41, 5.74) is -0.0420. The summed E-state index contributed by atoms with van der Waals surface area (Å²) >= 11 is 0. The smallest absolute Gasteiger partial charge is 0.330 e. The van der Waals surface area contributed by atoms with Gasteiger partial charge in [-0.15, -0.1) is 0 Å². The first kappa shape index (κ1) is 18.2. The van der Waals surface area contributed by atoms with Crippen LogP contribution < -0.4 is 0 Å². The lowest BCUT2D eigenvalue weighted by atomic mass is 9.93. The quantitative estimate of drug-likeness (QED) is 0.327. The van der Waals surface area contributed by atoms with Crippen molar-refractivity contribution in [3.05, 3.63) is 35.4 Å². The predicted octanol–water partition coefficient (Wildman–Crippen LogP) is 2.18. The number of phenols is 2. The third-order valence-electron chi connectivity index (χ3n) is 3.36. The zero-order valence-electron chi connectivity index (χ0n) is 12.5. The summed E-state index contributed by atoms with van der Waals surface area (Å²) in [5, 5.41) is 36.8. The van der Waals surface area contributed by atoms with Gasteiger partial charge in [-0.05, 0) is 38.0 Å². The second-order valence-electron chi connectivity index (χ2n) is 5.13. The van der Waals surface area contributed by atoms with Crippen LogP contribution in [0.25, 0.3) is 0 Å². The van der Waals surface area contributed by atoms with Crippen molar-refractivity contribution >= 4 is 17.7 Å². The number of rotatable bonds is 8. The summed E-state index contributed by atoms with van der Waals surface area (Å²) in [4.78, 5) is 34.0. The molecule has 0 saturated carbocycles. The average Bonchev–Trinajstić information content (AvgIpc) is 2.47. The van der Waals surface area contributed by atoms with Gasteiger partial charge in [0.2, 0.25) is 0 Å². The van der Waals surface area contributed by atoms with E-state index in [1.807, 2.05) is 0 Å². The van der Waals surface area contributed by atoms with Crippen LogP contribution in [-0.2, 0) is 9.59 Å². The zero-order valence-corrected chi connectivity index (χ0v) is 12.5. The van der Waals surface area contributed by atoms with Gasteiger partial charge in [-0.2, -0.15) is 0 Å². The number of hydrogen-bond acceptors (Lipinski definition) is 5. The van der Waals surface area contributed by atoms with Crippen molar-refractivity contribution in [1.29, 1.82) is 0 Å². The molecule has 0 radical (unpaired) electrons. The van der Waals surface area contributed by atoms with E-state index >= 15 is 0 Å². The lowest BCUT2D eigenvalue weighted by Gasteiger charge is -2.11. The van der Waals surface area contributed by atoms with Crippen LogP contribution in [-0.4, -0.2) is 38.1 Å². The standard InChI is InChI=1S/C16H18O7/c1-9(15(20)21)3-2-4-10(16(22)23)7-14(19)12-8-11(17)5-6-13(12)18/h3,5-6,8,10,17-18H,2,4,7H2,1H3,(H,20,21)(H,22,23)/b9-3+/t10-/m1/s1. The van der Waals surface area contributed by atoms with E-state index in [-0.39, 0.29) is 41.9 Å². The van der Waals surface area contributed by atoms with Gasteiger partial charge in [0, 0.05) is 12.0 Å². The first-order valence-electron chi connectivity index (χ1n) is 6.90. The number of allylic oxidation sites excluding steroid dienone is 1. The van der Waals surface area contributed by atoms with Gasteiger partial charge < -0.3 is 20.4 Å². The second-order valence-corrected chi connectivity index (χ2v) is 5.13. The van der Waals surface area contributed by atoms with Gasteiger partial charge in [0.1, 0.15) is 11.5 Å². The molecule has 0 aliphatic rings. The number of hydrogen-bond donors (Lipinski definition) is 4. The molecule has 0 saturated heterocycles. The molecular weight excluding hydrogens is 304 g/mol. The van der Waals surface area contributed by atoms with E-state index < -0.39 is 23.6 Å². The Balaban J connectivity index is 2.78. The Bertz CT molecular complexity index is 646. The van der Waals surface area contributed by atoms with Crippen molar-refractivity contribution in [2.24, 2.45) is 5.92 Å². The van der Waals surface area contributed by atoms with Gasteiger partial charge in [-0.25, -0.2) is 4.79 Å². The van der Waals surface area contributed by atoms with E-state index in [1.165, 1.54) is 19.1 Å². The topological polar surface area (TPSA) is 132 Å². The minimum Gasteiger partial charge on any atom is -0.508 e. The van der Waals surface area contributed by atoms with Crippen LogP contribution in [0.5, 0.6) is 11.5 Å². The average molecular weight is 322 g/mol. The van der Waals surface area contributed by atoms with Crippen molar-refractivity contribution < 1.29 is 34.8 Å². The SMILES string of the molecule is C/C(=C\CC[C@H](CC(=O)c1cc(O)ccc1O)C(=O)O)C(=O)O. The molecule has 4 N–H and O–H groups in total. The summed E-state index contributed by atoms with van der Waals surface area (Å²) in [6, 6.07) is 3.43. The maximum atomic E-state index is 12.1. The van der Waals surface area contributed by atoms with E-state index in [9.17, 15) is 24.6 Å². The zero-order chi connectivity index (χ0) is 17.6. The van der Waals surface area contributed by atoms with Crippen molar-refractivity contribution in [3.63, 3.8) is 0 Å². The van der Waals surface area contributed by atoms with Gasteiger partial charge >= 0.3 is 11.9 Å². The molecule has 1 aromatic rings. The van der Waals surface area contributed by atoms with Crippen LogP contribution in [0.1, 0.15) is 36.5 Å². The highest BCUT2D eigenvalue weighted by atomic mass is 16.4. The number of Topliss-reactive ketones (excluding diaryl/α,β-unsaturated/α-hetero) is 1. The number of carbonyl (C=O) groups is 3. The molecule has 23 heavy (non-hydrogen) atoms. The van der Waals surface area contributed by atoms with Crippen LogP contribution in [0.15, 0.2) is 29.8 Å². The molecule has 0 amide bonds. The maximum absolute atomic E-state index is 12.1. The van der Waals surface area contributed by atoms with Gasteiger partial charge in [-0.1, -0.05) is 6.08 Å². The van der Waals surface area contributed by atoms with Crippen molar-refractivity contribution in [2.45, 2.75) is 26.2 Å². The number of phenolic OH excluding ortho intramolecular Hbond substituents is 2. The van der Waals surface area contributed by atoms with E-state index in [2.05, 4.69) is 0 Å². The highest BCUT2D eigenvalue weighted by Crippen LogP contribution is 2.25. The second kappa shape index (κ2) is 7.98. The molecular formula is C16H18O7. The van der Waals surface area contributed by atoms with E-state index in [0.717, 1.165) is 12.1 Å². The van der Waals surface area contributed by atoms with Crippen LogP contribution >= 0.6 is 0 Å². The normalized spacial score (nSPS) is 12.7. The fourth-order valence-corrected chi connectivity index (χ4v) is 1.98. The van der Waals surface area contributed by atoms with E-state index in [4.69, 9.17) is 10.2 Å². The van der Waals surface area contributed by atoms with Crippen LogP contribution in [0, 0.1) is 5.92 Å². The van der Waals surface area contributed by atoms with Crippen LogP contribution in [0.2, 0.25) is 0 Å². The molecule has 0 heterocycles. The first-order chi connectivity index (χ1) is 10.7. The Kier molecular flexibility index (Phi) is 6.32. The number of aromatic hydroxyl groups is 2. The maximum Gasteiger partial charge on any atom is 0.330 e. The summed E-state index contributed by atoms with van der Waals surface area (Å²) < 4.78 is 0. The molecule has 1 atom stereocenters. The van der Waals surface area contributed by atoms with Crippen molar-refractivity contribution in [2.75, 3.05) is 0 Å². The number of aliphatic carboxylic acids is 2. The highest BCUT2D eigenvalue weighted by molar-refractivity contribution is 6.00. The molecule has 0 spiro atoms. The molecule has 0 bridgehead atoms. The highest BCUT2D eigenvalue weighted by Gasteiger charge is 2.23. The van der Waals surface area contributed by atoms with E-state index in [0.29, 0.717) is 0 Å². The Hall–Kier alpha value is -2.83. The molecule has 0 aromatic heterocycles. The van der Waals surface area contributed by atoms with E-state index in [1.54, 1.807) is 0 Å². The fourth-order valence-electron chi connectivity index (χ4n) is 1.98. The Morgan fingerprint density at radius 1 is 1.17 bits per heavy atom. The number of carboxylic acids is 2. The van der Waals surface area contributed by atoms with Gasteiger partial charge in [0.15, 0.2) is 5.78 Å². The third kappa shape index (κ3) is 5.46. The predicted molar refractivity (Wildman–Crippen MR) is 80.5 cm³/mol. The molecule has 0 unspecified atom stereocenters. The van der Waals surface area contributed by atoms with Gasteiger partial charge in [0.25, 0.3) is 0 Å². The minimum absolute atomic E-state index is 0.0886. The molecule has 124 valence electrons. The largest absolute Gasteiger partial charge is 0.508 e. The summed E-state index contributed by atoms with van der Waals surface area (Å²) in [5.74, 6) is -4.43. The van der Waals surface area contributed by atoms with Crippen LogP contribution in [0.3, 0.4) is 0 Å². The summed E-state index contributed by atoms with van der Waals surface area (Å²) in [6.45, 7) is 1.40. The molecule has 7 heteroatoms. The van der Waals surface area contributed by atoms with Crippen molar-refractivity contribution in [3.8, 4) is 11.5 Å². The van der Waals surface area contributed by atoms with Crippen molar-refractivity contribution in [1.82, 2.24) is 0 Å². The Morgan fingerprint density at radius 3 is 2.39 bits per heavy atom. The first-order valence-corrected chi connectivity index (χ1v) is 6.90. The molecule has 0 aliphatic heterocycles. The Morgan fingerprint density at radius 2 is 1.83 bits per heavy atom. The van der Waals surface area contributed by atoms with Crippen LogP contribution in [0.4, 0.5) is 0 Å². The number of benzene rings is 1. The molecule has 7 nitrogen and oxygen atoms in total. The number of carbonyl (C=O) groups excluding carboxylic acids is 1. The molecule has 0 aliphatic carbocycles. The molecule has 1 aromatic carbocycles. The molecule has 0 fully saturated rings. The lowest BCUT2D eigenvalue weighted by Crippen LogP contribution is -2.18. The fraction of sp³-hybridized carbons (Fsp3) is 0.312. The summed E-state index contributed by atoms with van der Waals surface area (Å²) in [7, 11) is 0. The van der Waals surface area contributed by atoms with Gasteiger partial charge in [-0.3, -0.25) is 9.59 Å². The minimum atomic E-state index is -1.18. The van der Waals surface area contributed by atoms with Gasteiger partial charge in [0.05, 0.1) is 11.5 Å². The lowest BCUT2D eigenvalue weighted by molar-refractivity contribution is -0.141. The number of carboxylic acid groups (broad SMARTS) is 2. The summed E-state index contributed by atoms with van der Waals surface area (Å²) in [6.07, 6.45) is 1.33. The molecule has 1 rings (SSSR count).